The molecule has 3 rings (SSSR count). The van der Waals surface area contributed by atoms with E-state index in [1.807, 2.05) is 0 Å². The maximum Gasteiger partial charge on any atom is 0.168 e. The summed E-state index contributed by atoms with van der Waals surface area (Å²) in [4.78, 5) is 0. The fraction of sp³-hybridized carbons (Fsp3) is 0.571. The van der Waals surface area contributed by atoms with E-state index in [2.05, 4.69) is 21.2 Å². The lowest BCUT2D eigenvalue weighted by Crippen LogP contribution is -2.35. The van der Waals surface area contributed by atoms with Crippen molar-refractivity contribution in [2.45, 2.75) is 31.7 Å². The Morgan fingerprint density at radius 2 is 2.16 bits per heavy atom. The zero-order valence-electron chi connectivity index (χ0n) is 10.7. The standard InChI is InChI=1S/C14H18BrNO3/c15-11-8-12-14(19-6-5-18-12)10(13(11)17)7-9-3-1-2-4-16-9/h8-9,16-17H,1-7H2. The normalized spacial score (nSPS) is 22.3. The van der Waals surface area contributed by atoms with Crippen LogP contribution in [-0.4, -0.2) is 30.9 Å². The van der Waals surface area contributed by atoms with Gasteiger partial charge in [0.15, 0.2) is 11.5 Å². The summed E-state index contributed by atoms with van der Waals surface area (Å²) in [5.41, 5.74) is 0.850. The van der Waals surface area contributed by atoms with E-state index in [1.165, 1.54) is 12.8 Å². The molecule has 1 aromatic carbocycles. The summed E-state index contributed by atoms with van der Waals surface area (Å²) in [6.07, 6.45) is 4.39. The first-order valence-corrected chi connectivity index (χ1v) is 7.58. The lowest BCUT2D eigenvalue weighted by atomic mass is 9.96. The summed E-state index contributed by atoms with van der Waals surface area (Å²) in [7, 11) is 0. The van der Waals surface area contributed by atoms with Gasteiger partial charge in [-0.3, -0.25) is 0 Å². The Labute approximate surface area is 121 Å². The molecule has 0 amide bonds. The smallest absolute Gasteiger partial charge is 0.168 e. The second kappa shape index (κ2) is 5.59. The third-order valence-corrected chi connectivity index (χ3v) is 4.32. The monoisotopic (exact) mass is 327 g/mol. The number of nitrogens with one attached hydrogen (secondary N) is 1. The molecule has 2 N–H and O–H groups in total. The molecule has 104 valence electrons. The molecule has 2 aliphatic rings. The number of aromatic hydroxyl groups is 1. The minimum Gasteiger partial charge on any atom is -0.506 e. The minimum absolute atomic E-state index is 0.275. The minimum atomic E-state index is 0.275. The van der Waals surface area contributed by atoms with Gasteiger partial charge in [-0.2, -0.15) is 0 Å². The maximum absolute atomic E-state index is 10.3. The molecule has 1 fully saturated rings. The molecule has 0 radical (unpaired) electrons. The van der Waals surface area contributed by atoms with Gasteiger partial charge in [-0.25, -0.2) is 0 Å². The van der Waals surface area contributed by atoms with E-state index in [-0.39, 0.29) is 5.75 Å². The van der Waals surface area contributed by atoms with Crippen molar-refractivity contribution >= 4 is 15.9 Å². The van der Waals surface area contributed by atoms with Crippen LogP contribution in [0.4, 0.5) is 0 Å². The van der Waals surface area contributed by atoms with Gasteiger partial charge in [0.2, 0.25) is 0 Å². The fourth-order valence-corrected chi connectivity index (χ4v) is 3.19. The van der Waals surface area contributed by atoms with Gasteiger partial charge in [-0.1, -0.05) is 6.42 Å². The summed E-state index contributed by atoms with van der Waals surface area (Å²) in [6.45, 7) is 2.16. The van der Waals surface area contributed by atoms with Gasteiger partial charge in [0.25, 0.3) is 0 Å². The first kappa shape index (κ1) is 13.1. The Kier molecular flexibility index (Phi) is 3.84. The fourth-order valence-electron chi connectivity index (χ4n) is 2.74. The number of hydrogen-bond donors (Lipinski definition) is 2. The van der Waals surface area contributed by atoms with Gasteiger partial charge in [-0.05, 0) is 41.7 Å². The predicted molar refractivity (Wildman–Crippen MR) is 76.1 cm³/mol. The zero-order valence-corrected chi connectivity index (χ0v) is 12.3. The third kappa shape index (κ3) is 2.67. The molecule has 0 aromatic heterocycles. The van der Waals surface area contributed by atoms with Crippen LogP contribution in [0.1, 0.15) is 24.8 Å². The van der Waals surface area contributed by atoms with Gasteiger partial charge in [-0.15, -0.1) is 0 Å². The second-order valence-electron chi connectivity index (χ2n) is 5.06. The van der Waals surface area contributed by atoms with Crippen molar-refractivity contribution in [3.8, 4) is 17.2 Å². The number of halogens is 1. The van der Waals surface area contributed by atoms with E-state index in [9.17, 15) is 5.11 Å². The van der Waals surface area contributed by atoms with Crippen molar-refractivity contribution < 1.29 is 14.6 Å². The summed E-state index contributed by atoms with van der Waals surface area (Å²) in [6, 6.07) is 2.19. The van der Waals surface area contributed by atoms with E-state index in [0.717, 1.165) is 30.7 Å². The number of benzene rings is 1. The van der Waals surface area contributed by atoms with E-state index in [1.54, 1.807) is 6.07 Å². The highest BCUT2D eigenvalue weighted by Crippen LogP contribution is 2.44. The van der Waals surface area contributed by atoms with E-state index in [0.29, 0.717) is 29.5 Å². The third-order valence-electron chi connectivity index (χ3n) is 3.72. The van der Waals surface area contributed by atoms with E-state index < -0.39 is 0 Å². The van der Waals surface area contributed by atoms with Crippen LogP contribution in [-0.2, 0) is 6.42 Å². The van der Waals surface area contributed by atoms with Crippen LogP contribution < -0.4 is 14.8 Å². The van der Waals surface area contributed by atoms with Crippen LogP contribution in [0.25, 0.3) is 0 Å². The van der Waals surface area contributed by atoms with Gasteiger partial charge in [0, 0.05) is 17.7 Å². The van der Waals surface area contributed by atoms with Crippen LogP contribution in [0.15, 0.2) is 10.5 Å². The second-order valence-corrected chi connectivity index (χ2v) is 5.92. The molecule has 0 bridgehead atoms. The zero-order chi connectivity index (χ0) is 13.2. The molecule has 1 atom stereocenters. The molecule has 0 aliphatic carbocycles. The molecule has 2 heterocycles. The maximum atomic E-state index is 10.3. The average Bonchev–Trinajstić information content (AvgIpc) is 2.45. The highest BCUT2D eigenvalue weighted by molar-refractivity contribution is 9.10. The molecule has 2 aliphatic heterocycles. The number of phenols is 1. The highest BCUT2D eigenvalue weighted by atomic mass is 79.9. The van der Waals surface area contributed by atoms with Crippen molar-refractivity contribution in [2.75, 3.05) is 19.8 Å². The van der Waals surface area contributed by atoms with Crippen LogP contribution in [0.3, 0.4) is 0 Å². The first-order chi connectivity index (χ1) is 9.25. The summed E-state index contributed by atoms with van der Waals surface area (Å²) >= 11 is 3.38. The van der Waals surface area contributed by atoms with Crippen LogP contribution in [0, 0.1) is 0 Å². The van der Waals surface area contributed by atoms with Gasteiger partial charge in [0.05, 0.1) is 4.47 Å². The first-order valence-electron chi connectivity index (χ1n) is 6.79. The molecule has 19 heavy (non-hydrogen) atoms. The molecular formula is C14H18BrNO3. The van der Waals surface area contributed by atoms with Gasteiger partial charge >= 0.3 is 0 Å². The number of phenolic OH excluding ortho intramolecular Hbond substituents is 1. The number of fused-ring (bicyclic) bond motifs is 1. The Morgan fingerprint density at radius 3 is 2.95 bits per heavy atom. The topological polar surface area (TPSA) is 50.7 Å². The molecule has 0 saturated carbocycles. The number of ether oxygens (including phenoxy) is 2. The summed E-state index contributed by atoms with van der Waals surface area (Å²) < 4.78 is 12.0. The SMILES string of the molecule is Oc1c(Br)cc2c(c1CC1CCCCN1)OCCO2. The molecule has 5 heteroatoms. The lowest BCUT2D eigenvalue weighted by molar-refractivity contribution is 0.168. The number of hydrogen-bond acceptors (Lipinski definition) is 4. The van der Waals surface area contributed by atoms with Crippen molar-refractivity contribution in [3.63, 3.8) is 0 Å². The summed E-state index contributed by atoms with van der Waals surface area (Å²) in [5, 5.41) is 13.8. The lowest BCUT2D eigenvalue weighted by Gasteiger charge is -2.27. The van der Waals surface area contributed by atoms with Crippen molar-refractivity contribution in [1.29, 1.82) is 0 Å². The van der Waals surface area contributed by atoms with Gasteiger partial charge in [0.1, 0.15) is 19.0 Å². The summed E-state index contributed by atoms with van der Waals surface area (Å²) in [5.74, 6) is 1.71. The molecule has 1 aromatic rings. The quantitative estimate of drug-likeness (QED) is 0.876. The molecule has 4 nitrogen and oxygen atoms in total. The Bertz CT molecular complexity index is 472. The van der Waals surface area contributed by atoms with Crippen LogP contribution in [0.2, 0.25) is 0 Å². The predicted octanol–water partition coefficient (Wildman–Crippen LogP) is 2.61. The van der Waals surface area contributed by atoms with Crippen molar-refractivity contribution in [3.05, 3.63) is 16.1 Å². The van der Waals surface area contributed by atoms with Crippen molar-refractivity contribution in [2.24, 2.45) is 0 Å². The Hall–Kier alpha value is -0.940. The highest BCUT2D eigenvalue weighted by Gasteiger charge is 2.25. The van der Waals surface area contributed by atoms with Crippen LogP contribution in [0.5, 0.6) is 17.2 Å². The van der Waals surface area contributed by atoms with E-state index >= 15 is 0 Å². The number of piperidine rings is 1. The molecule has 1 unspecified atom stereocenters. The largest absolute Gasteiger partial charge is 0.506 e. The van der Waals surface area contributed by atoms with Crippen molar-refractivity contribution in [1.82, 2.24) is 5.32 Å². The van der Waals surface area contributed by atoms with Gasteiger partial charge < -0.3 is 19.9 Å². The van der Waals surface area contributed by atoms with E-state index in [4.69, 9.17) is 9.47 Å². The average molecular weight is 328 g/mol. The Morgan fingerprint density at radius 1 is 1.32 bits per heavy atom. The molecule has 0 spiro atoms. The molecular weight excluding hydrogens is 310 g/mol. The Balaban J connectivity index is 1.91. The van der Waals surface area contributed by atoms with Crippen LogP contribution >= 0.6 is 15.9 Å². The number of rotatable bonds is 2. The molecule has 1 saturated heterocycles.